The van der Waals surface area contributed by atoms with E-state index in [-0.39, 0.29) is 23.8 Å². The average molecular weight is 182 g/mol. The number of aliphatic hydroxyl groups is 1. The lowest BCUT2D eigenvalue weighted by Gasteiger charge is -2.14. The van der Waals surface area contributed by atoms with E-state index in [4.69, 9.17) is 5.11 Å². The third-order valence-corrected chi connectivity index (χ3v) is 2.30. The van der Waals surface area contributed by atoms with Crippen LogP contribution in [0.2, 0.25) is 0 Å². The number of anilines is 1. The summed E-state index contributed by atoms with van der Waals surface area (Å²) in [5.41, 5.74) is -0.310. The van der Waals surface area contributed by atoms with Crippen LogP contribution >= 0.6 is 0 Å². The Balaban J connectivity index is 2.14. The highest BCUT2D eigenvalue weighted by atomic mass is 19.1. The van der Waals surface area contributed by atoms with Gasteiger partial charge in [-0.3, -0.25) is 0 Å². The van der Waals surface area contributed by atoms with Crippen LogP contribution in [0.5, 0.6) is 0 Å². The molecule has 2 N–H and O–H groups in total. The van der Waals surface area contributed by atoms with Crippen molar-refractivity contribution >= 4 is 5.82 Å². The van der Waals surface area contributed by atoms with Gasteiger partial charge in [-0.25, -0.2) is 9.37 Å². The minimum absolute atomic E-state index is 0.0308. The number of hydrogen-bond acceptors (Lipinski definition) is 3. The van der Waals surface area contributed by atoms with Crippen molar-refractivity contribution in [2.45, 2.75) is 18.4 Å². The van der Waals surface area contributed by atoms with Crippen LogP contribution < -0.4 is 5.32 Å². The van der Waals surface area contributed by atoms with Crippen LogP contribution in [0.3, 0.4) is 0 Å². The van der Waals surface area contributed by atoms with Crippen LogP contribution in [0.4, 0.5) is 10.2 Å². The molecule has 4 heteroatoms. The van der Waals surface area contributed by atoms with Crippen molar-refractivity contribution in [1.29, 1.82) is 0 Å². The topological polar surface area (TPSA) is 45.1 Å². The molecule has 0 aromatic carbocycles. The second-order valence-corrected chi connectivity index (χ2v) is 3.40. The van der Waals surface area contributed by atoms with Gasteiger partial charge in [0.2, 0.25) is 0 Å². The van der Waals surface area contributed by atoms with Gasteiger partial charge in [-0.1, -0.05) is 0 Å². The molecule has 3 nitrogen and oxygen atoms in total. The number of nitrogens with zero attached hydrogens (tertiary/aromatic N) is 1. The van der Waals surface area contributed by atoms with Gasteiger partial charge in [0.1, 0.15) is 0 Å². The highest BCUT2D eigenvalue weighted by molar-refractivity contribution is 5.41. The molecule has 70 valence electrons. The van der Waals surface area contributed by atoms with Gasteiger partial charge in [-0.15, -0.1) is 0 Å². The molecule has 0 atom stereocenters. The monoisotopic (exact) mass is 182 g/mol. The molecule has 1 aromatic rings. The predicted molar refractivity (Wildman–Crippen MR) is 46.9 cm³/mol. The molecule has 1 aliphatic rings. The maximum Gasteiger partial charge on any atom is 0.165 e. The van der Waals surface area contributed by atoms with Crippen LogP contribution in [0.15, 0.2) is 18.3 Å². The molecule has 0 spiro atoms. The summed E-state index contributed by atoms with van der Waals surface area (Å²) < 4.78 is 13.1. The third kappa shape index (κ3) is 1.62. The highest BCUT2D eigenvalue weighted by Crippen LogP contribution is 2.38. The molecule has 0 radical (unpaired) electrons. The molecule has 1 aromatic heterocycles. The smallest absolute Gasteiger partial charge is 0.165 e. The van der Waals surface area contributed by atoms with Gasteiger partial charge >= 0.3 is 0 Å². The zero-order chi connectivity index (χ0) is 9.31. The van der Waals surface area contributed by atoms with Crippen LogP contribution in [0, 0.1) is 5.82 Å². The fourth-order valence-electron chi connectivity index (χ4n) is 1.20. The molecule has 2 rings (SSSR count). The second kappa shape index (κ2) is 2.96. The SMILES string of the molecule is OCC1(Nc2ncccc2F)CC1. The Morgan fingerprint density at radius 2 is 2.38 bits per heavy atom. The van der Waals surface area contributed by atoms with Crippen molar-refractivity contribution in [1.82, 2.24) is 4.98 Å². The lowest BCUT2D eigenvalue weighted by molar-refractivity contribution is 0.265. The Morgan fingerprint density at radius 3 is 2.92 bits per heavy atom. The second-order valence-electron chi connectivity index (χ2n) is 3.40. The molecule has 0 saturated heterocycles. The molecule has 1 aliphatic carbocycles. The predicted octanol–water partition coefficient (Wildman–Crippen LogP) is 1.16. The maximum absolute atomic E-state index is 13.1. The van der Waals surface area contributed by atoms with E-state index >= 15 is 0 Å². The highest BCUT2D eigenvalue weighted by Gasteiger charge is 2.42. The largest absolute Gasteiger partial charge is 0.394 e. The molecule has 1 saturated carbocycles. The molecule has 13 heavy (non-hydrogen) atoms. The quantitative estimate of drug-likeness (QED) is 0.737. The zero-order valence-electron chi connectivity index (χ0n) is 7.13. The Morgan fingerprint density at radius 1 is 1.62 bits per heavy atom. The van der Waals surface area contributed by atoms with Crippen molar-refractivity contribution in [2.24, 2.45) is 0 Å². The Bertz CT molecular complexity index is 312. The van der Waals surface area contributed by atoms with E-state index in [1.807, 2.05) is 0 Å². The van der Waals surface area contributed by atoms with Gasteiger partial charge in [0, 0.05) is 6.20 Å². The summed E-state index contributed by atoms with van der Waals surface area (Å²) in [4.78, 5) is 3.85. The summed E-state index contributed by atoms with van der Waals surface area (Å²) in [5.74, 6) is -0.142. The molecule has 1 fully saturated rings. The molecule has 0 aliphatic heterocycles. The van der Waals surface area contributed by atoms with Gasteiger partial charge in [0.15, 0.2) is 11.6 Å². The average Bonchev–Trinajstić information content (AvgIpc) is 2.90. The maximum atomic E-state index is 13.1. The van der Waals surface area contributed by atoms with Gasteiger partial charge in [0.05, 0.1) is 12.1 Å². The Labute approximate surface area is 75.6 Å². The lowest BCUT2D eigenvalue weighted by atomic mass is 10.3. The van der Waals surface area contributed by atoms with Crippen LogP contribution in [-0.2, 0) is 0 Å². The standard InChI is InChI=1S/C9H11FN2O/c10-7-2-1-5-11-8(7)12-9(6-13)3-4-9/h1-2,5,13H,3-4,6H2,(H,11,12). The van der Waals surface area contributed by atoms with Crippen molar-refractivity contribution in [3.63, 3.8) is 0 Å². The van der Waals surface area contributed by atoms with Crippen molar-refractivity contribution in [2.75, 3.05) is 11.9 Å². The fourth-order valence-corrected chi connectivity index (χ4v) is 1.20. The number of aromatic nitrogens is 1. The number of pyridine rings is 1. The minimum atomic E-state index is -0.373. The Hall–Kier alpha value is -1.16. The van der Waals surface area contributed by atoms with Crippen molar-refractivity contribution in [3.05, 3.63) is 24.1 Å². The van der Waals surface area contributed by atoms with Gasteiger partial charge < -0.3 is 10.4 Å². The molecule has 0 bridgehead atoms. The summed E-state index contributed by atoms with van der Waals surface area (Å²) in [5, 5.41) is 11.9. The summed E-state index contributed by atoms with van der Waals surface area (Å²) >= 11 is 0. The van der Waals surface area contributed by atoms with E-state index < -0.39 is 0 Å². The number of rotatable bonds is 3. The van der Waals surface area contributed by atoms with Crippen LogP contribution in [-0.4, -0.2) is 22.2 Å². The third-order valence-electron chi connectivity index (χ3n) is 2.30. The van der Waals surface area contributed by atoms with E-state index in [0.717, 1.165) is 12.8 Å². The number of aliphatic hydroxyl groups excluding tert-OH is 1. The summed E-state index contributed by atoms with van der Waals surface area (Å²) in [6.07, 6.45) is 3.28. The van der Waals surface area contributed by atoms with E-state index in [1.54, 1.807) is 6.07 Å². The Kier molecular flexibility index (Phi) is 1.92. The van der Waals surface area contributed by atoms with E-state index in [2.05, 4.69) is 10.3 Å². The van der Waals surface area contributed by atoms with Crippen molar-refractivity contribution < 1.29 is 9.50 Å². The first kappa shape index (κ1) is 8.44. The number of halogens is 1. The summed E-state index contributed by atoms with van der Waals surface area (Å²) in [6, 6.07) is 2.89. The molecular weight excluding hydrogens is 171 g/mol. The van der Waals surface area contributed by atoms with Crippen LogP contribution in [0.1, 0.15) is 12.8 Å². The van der Waals surface area contributed by atoms with E-state index in [1.165, 1.54) is 12.3 Å². The zero-order valence-corrected chi connectivity index (χ0v) is 7.13. The van der Waals surface area contributed by atoms with Gasteiger partial charge in [-0.2, -0.15) is 0 Å². The normalized spacial score (nSPS) is 18.3. The van der Waals surface area contributed by atoms with E-state index in [9.17, 15) is 4.39 Å². The first-order valence-corrected chi connectivity index (χ1v) is 4.25. The first-order valence-electron chi connectivity index (χ1n) is 4.25. The number of nitrogens with one attached hydrogen (secondary N) is 1. The minimum Gasteiger partial charge on any atom is -0.394 e. The number of hydrogen-bond donors (Lipinski definition) is 2. The van der Waals surface area contributed by atoms with E-state index in [0.29, 0.717) is 0 Å². The molecule has 1 heterocycles. The first-order chi connectivity index (χ1) is 6.26. The molecular formula is C9H11FN2O. The van der Waals surface area contributed by atoms with Gasteiger partial charge in [0.25, 0.3) is 0 Å². The van der Waals surface area contributed by atoms with Crippen LogP contribution in [0.25, 0.3) is 0 Å². The summed E-state index contributed by atoms with van der Waals surface area (Å²) in [6.45, 7) is 0.0308. The fraction of sp³-hybridized carbons (Fsp3) is 0.444. The lowest BCUT2D eigenvalue weighted by Crippen LogP contribution is -2.26. The summed E-state index contributed by atoms with van der Waals surface area (Å²) in [7, 11) is 0. The van der Waals surface area contributed by atoms with Crippen molar-refractivity contribution in [3.8, 4) is 0 Å². The van der Waals surface area contributed by atoms with Gasteiger partial charge in [-0.05, 0) is 25.0 Å². The molecule has 0 amide bonds. The molecule has 0 unspecified atom stereocenters.